The number of rotatable bonds is 3. The molecule has 0 radical (unpaired) electrons. The van der Waals surface area contributed by atoms with Gasteiger partial charge < -0.3 is 18.6 Å². The molecule has 0 atom stereocenters. The number of guanidine groups is 1. The first-order chi connectivity index (χ1) is 14.0. The monoisotopic (exact) mass is 389 g/mol. The molecule has 7 nitrogen and oxygen atoms in total. The number of nitrogens with zero attached hydrogens (tertiary/aromatic N) is 2. The highest BCUT2D eigenvalue weighted by atomic mass is 16.4. The fourth-order valence-electron chi connectivity index (χ4n) is 3.25. The second-order valence-electron chi connectivity index (χ2n) is 6.54. The summed E-state index contributed by atoms with van der Waals surface area (Å²) >= 11 is 0. The van der Waals surface area contributed by atoms with Crippen LogP contribution in [0.2, 0.25) is 0 Å². The lowest BCUT2D eigenvalue weighted by Crippen LogP contribution is -2.45. The number of fused-ring (bicyclic) bond motifs is 2. The van der Waals surface area contributed by atoms with Gasteiger partial charge in [-0.1, -0.05) is 36.4 Å². The third-order valence-electron chi connectivity index (χ3n) is 4.79. The van der Waals surface area contributed by atoms with Crippen LogP contribution in [0.1, 0.15) is 6.92 Å². The average Bonchev–Trinajstić information content (AvgIpc) is 2.73. The summed E-state index contributed by atoms with van der Waals surface area (Å²) in [5.74, 6) is -0.0438. The average molecular weight is 389 g/mol. The fraction of sp³-hybridized carbons (Fsp3) is 0.136. The molecule has 0 amide bonds. The van der Waals surface area contributed by atoms with Crippen molar-refractivity contribution >= 4 is 39.3 Å². The van der Waals surface area contributed by atoms with Crippen molar-refractivity contribution in [3.05, 3.63) is 81.5 Å². The lowest BCUT2D eigenvalue weighted by Gasteiger charge is -2.28. The van der Waals surface area contributed by atoms with Gasteiger partial charge in [0.15, 0.2) is 0 Å². The van der Waals surface area contributed by atoms with Crippen molar-refractivity contribution in [1.82, 2.24) is 0 Å². The molecule has 4 rings (SSSR count). The summed E-state index contributed by atoms with van der Waals surface area (Å²) in [7, 11) is 1.59. The number of para-hydroxylation sites is 2. The second kappa shape index (κ2) is 7.27. The van der Waals surface area contributed by atoms with E-state index in [1.165, 1.54) is 9.80 Å². The number of anilines is 2. The molecule has 146 valence electrons. The summed E-state index contributed by atoms with van der Waals surface area (Å²) in [5.41, 5.74) is 0.286. The molecule has 7 heteroatoms. The molecule has 29 heavy (non-hydrogen) atoms. The summed E-state index contributed by atoms with van der Waals surface area (Å²) in [5, 5.41) is 10.1. The van der Waals surface area contributed by atoms with E-state index in [2.05, 4.69) is 0 Å². The summed E-state index contributed by atoms with van der Waals surface area (Å²) in [4.78, 5) is 27.9. The van der Waals surface area contributed by atoms with Gasteiger partial charge in [-0.25, -0.2) is 9.59 Å². The van der Waals surface area contributed by atoms with Crippen LogP contribution in [0.15, 0.2) is 79.1 Å². The van der Waals surface area contributed by atoms with Crippen LogP contribution in [-0.4, -0.2) is 19.6 Å². The Bertz CT molecular complexity index is 1340. The van der Waals surface area contributed by atoms with Crippen molar-refractivity contribution in [1.29, 1.82) is 5.41 Å². The molecule has 0 aliphatic carbocycles. The van der Waals surface area contributed by atoms with E-state index >= 15 is 0 Å². The van der Waals surface area contributed by atoms with Gasteiger partial charge in [-0.2, -0.15) is 0 Å². The SMILES string of the molecule is CCN(C(=N)N(C)c1cc2ccccc2oc1=O)c1cc2ccccc2oc1=O. The highest BCUT2D eigenvalue weighted by Crippen LogP contribution is 2.21. The zero-order valence-corrected chi connectivity index (χ0v) is 16.0. The largest absolute Gasteiger partial charge is 0.421 e. The van der Waals surface area contributed by atoms with Crippen molar-refractivity contribution in [3.8, 4) is 0 Å². The molecule has 0 spiro atoms. The van der Waals surface area contributed by atoms with E-state index in [0.717, 1.165) is 10.8 Å². The van der Waals surface area contributed by atoms with Gasteiger partial charge in [0.25, 0.3) is 0 Å². The zero-order chi connectivity index (χ0) is 20.5. The predicted molar refractivity (Wildman–Crippen MR) is 114 cm³/mol. The number of hydrogen-bond acceptors (Lipinski definition) is 5. The summed E-state index contributed by atoms with van der Waals surface area (Å²) < 4.78 is 10.8. The van der Waals surface area contributed by atoms with E-state index in [1.807, 2.05) is 31.2 Å². The molecule has 4 aromatic rings. The van der Waals surface area contributed by atoms with Gasteiger partial charge in [0, 0.05) is 24.4 Å². The molecule has 0 aliphatic heterocycles. The second-order valence-corrected chi connectivity index (χ2v) is 6.54. The lowest BCUT2D eigenvalue weighted by atomic mass is 10.2. The Labute approximate surface area is 165 Å². The van der Waals surface area contributed by atoms with Crippen LogP contribution in [0, 0.1) is 5.41 Å². The molecule has 2 heterocycles. The van der Waals surface area contributed by atoms with E-state index < -0.39 is 11.3 Å². The fourth-order valence-corrected chi connectivity index (χ4v) is 3.25. The Morgan fingerprint density at radius 2 is 1.34 bits per heavy atom. The van der Waals surface area contributed by atoms with Crippen molar-refractivity contribution in [2.45, 2.75) is 6.92 Å². The maximum atomic E-state index is 12.5. The first kappa shape index (κ1) is 18.5. The molecule has 0 aliphatic rings. The van der Waals surface area contributed by atoms with E-state index in [1.54, 1.807) is 43.4 Å². The maximum absolute atomic E-state index is 12.5. The van der Waals surface area contributed by atoms with Gasteiger partial charge in [-0.3, -0.25) is 5.41 Å². The van der Waals surface area contributed by atoms with Crippen molar-refractivity contribution in [3.63, 3.8) is 0 Å². The molecule has 0 saturated heterocycles. The zero-order valence-electron chi connectivity index (χ0n) is 16.0. The first-order valence-electron chi connectivity index (χ1n) is 9.15. The van der Waals surface area contributed by atoms with Gasteiger partial charge in [0.05, 0.1) is 0 Å². The van der Waals surface area contributed by atoms with E-state index in [9.17, 15) is 9.59 Å². The van der Waals surface area contributed by atoms with Crippen molar-refractivity contribution < 1.29 is 8.83 Å². The van der Waals surface area contributed by atoms with Crippen LogP contribution in [-0.2, 0) is 0 Å². The van der Waals surface area contributed by atoms with Gasteiger partial charge in [-0.15, -0.1) is 0 Å². The quantitative estimate of drug-likeness (QED) is 0.326. The normalized spacial score (nSPS) is 11.0. The van der Waals surface area contributed by atoms with Gasteiger partial charge >= 0.3 is 11.3 Å². The molecule has 2 aromatic heterocycles. The molecular formula is C22H19N3O4. The van der Waals surface area contributed by atoms with Gasteiger partial charge in [0.1, 0.15) is 22.5 Å². The molecule has 0 unspecified atom stereocenters. The summed E-state index contributed by atoms with van der Waals surface area (Å²) in [6.45, 7) is 2.16. The van der Waals surface area contributed by atoms with Crippen LogP contribution < -0.4 is 21.1 Å². The van der Waals surface area contributed by atoms with E-state index in [-0.39, 0.29) is 17.3 Å². The Balaban J connectivity index is 1.76. The minimum Gasteiger partial charge on any atom is -0.421 e. The summed E-state index contributed by atoms with van der Waals surface area (Å²) in [6, 6.07) is 17.7. The van der Waals surface area contributed by atoms with E-state index in [0.29, 0.717) is 17.7 Å². The Kier molecular flexibility index (Phi) is 4.64. The summed E-state index contributed by atoms with van der Waals surface area (Å²) in [6.07, 6.45) is 0. The van der Waals surface area contributed by atoms with Crippen LogP contribution in [0.3, 0.4) is 0 Å². The number of benzene rings is 2. The van der Waals surface area contributed by atoms with Crippen LogP contribution in [0.25, 0.3) is 21.9 Å². The van der Waals surface area contributed by atoms with Crippen molar-refractivity contribution in [2.24, 2.45) is 0 Å². The molecule has 0 fully saturated rings. The Morgan fingerprint density at radius 1 is 0.862 bits per heavy atom. The van der Waals surface area contributed by atoms with Crippen LogP contribution in [0.5, 0.6) is 0 Å². The Hall–Kier alpha value is -3.87. The molecule has 2 aromatic carbocycles. The standard InChI is InChI=1S/C22H19N3O4/c1-3-25(17-13-15-9-5-7-11-19(15)29-21(17)27)22(23)24(2)16-12-14-8-4-6-10-18(14)28-20(16)26/h4-13,23H,3H2,1-2H3. The van der Waals surface area contributed by atoms with Crippen LogP contribution >= 0.6 is 0 Å². The smallest absolute Gasteiger partial charge is 0.360 e. The number of nitrogens with one attached hydrogen (secondary N) is 1. The topological polar surface area (TPSA) is 90.8 Å². The third-order valence-corrected chi connectivity index (χ3v) is 4.79. The molecule has 0 bridgehead atoms. The highest BCUT2D eigenvalue weighted by molar-refractivity contribution is 6.05. The highest BCUT2D eigenvalue weighted by Gasteiger charge is 2.22. The molecule has 1 N–H and O–H groups in total. The predicted octanol–water partition coefficient (Wildman–Crippen LogP) is 3.80. The van der Waals surface area contributed by atoms with Gasteiger partial charge in [-0.05, 0) is 31.2 Å². The maximum Gasteiger partial charge on any atom is 0.360 e. The molecular weight excluding hydrogens is 370 g/mol. The third kappa shape index (κ3) is 3.27. The minimum atomic E-state index is -0.558. The first-order valence-corrected chi connectivity index (χ1v) is 9.15. The van der Waals surface area contributed by atoms with E-state index in [4.69, 9.17) is 14.2 Å². The van der Waals surface area contributed by atoms with Crippen molar-refractivity contribution in [2.75, 3.05) is 23.4 Å². The minimum absolute atomic E-state index is 0.0438. The Morgan fingerprint density at radius 3 is 1.90 bits per heavy atom. The number of hydrogen-bond donors (Lipinski definition) is 1. The van der Waals surface area contributed by atoms with Gasteiger partial charge in [0.2, 0.25) is 5.96 Å². The molecule has 0 saturated carbocycles. The lowest BCUT2D eigenvalue weighted by molar-refractivity contribution is 0.560. The van der Waals surface area contributed by atoms with Crippen LogP contribution in [0.4, 0.5) is 11.4 Å².